The van der Waals surface area contributed by atoms with Crippen LogP contribution in [0.2, 0.25) is 0 Å². The highest BCUT2D eigenvalue weighted by molar-refractivity contribution is 6.15. The van der Waals surface area contributed by atoms with Crippen LogP contribution in [0.25, 0.3) is 0 Å². The number of carbonyl (C=O) groups excluding carboxylic acids is 3. The summed E-state index contributed by atoms with van der Waals surface area (Å²) >= 11 is 0. The molecule has 1 aromatic carbocycles. The molecular formula is C28H30N6O4. The molecule has 10 nitrogen and oxygen atoms in total. The summed E-state index contributed by atoms with van der Waals surface area (Å²) in [6.45, 7) is 4.04. The molecule has 0 radical (unpaired) electrons. The fourth-order valence-corrected chi connectivity index (χ4v) is 4.90. The molecule has 3 aliphatic rings. The molecule has 3 heterocycles. The average molecular weight is 515 g/mol. The fraction of sp³-hybridized carbons (Fsp3) is 0.357. The first kappa shape index (κ1) is 25.3. The van der Waals surface area contributed by atoms with E-state index in [2.05, 4.69) is 25.8 Å². The van der Waals surface area contributed by atoms with E-state index in [9.17, 15) is 14.4 Å². The van der Waals surface area contributed by atoms with E-state index < -0.39 is 23.9 Å². The van der Waals surface area contributed by atoms with Gasteiger partial charge < -0.3 is 20.1 Å². The summed E-state index contributed by atoms with van der Waals surface area (Å²) < 4.78 is 5.00. The molecule has 196 valence electrons. The summed E-state index contributed by atoms with van der Waals surface area (Å²) in [7, 11) is 0. The van der Waals surface area contributed by atoms with Gasteiger partial charge in [0.1, 0.15) is 11.8 Å². The second-order valence-corrected chi connectivity index (χ2v) is 9.65. The SMILES string of the molecule is Cc1cc(C(=O)N[C@@H](CC(=O)N2CCC[C@@H]2c2ccccc2)C(=O)NC(C)C2=NC3=CC=CCC3=N2)no1. The van der Waals surface area contributed by atoms with Crippen LogP contribution in [0.3, 0.4) is 0 Å². The minimum absolute atomic E-state index is 0.0409. The molecule has 3 amide bonds. The number of amidine groups is 1. The molecule has 0 spiro atoms. The first-order chi connectivity index (χ1) is 18.4. The van der Waals surface area contributed by atoms with Crippen LogP contribution in [-0.2, 0) is 9.59 Å². The zero-order valence-electron chi connectivity index (χ0n) is 21.4. The first-order valence-electron chi connectivity index (χ1n) is 12.8. The summed E-state index contributed by atoms with van der Waals surface area (Å²) in [4.78, 5) is 50.6. The second kappa shape index (κ2) is 11.0. The molecule has 1 fully saturated rings. The first-order valence-corrected chi connectivity index (χ1v) is 12.8. The van der Waals surface area contributed by atoms with Crippen molar-refractivity contribution in [1.29, 1.82) is 0 Å². The zero-order valence-corrected chi connectivity index (χ0v) is 21.4. The number of aliphatic imine (C=N–C) groups is 2. The molecule has 10 heteroatoms. The van der Waals surface area contributed by atoms with E-state index >= 15 is 0 Å². The van der Waals surface area contributed by atoms with E-state index in [1.165, 1.54) is 6.07 Å². The fourth-order valence-electron chi connectivity index (χ4n) is 4.90. The number of benzene rings is 1. The molecule has 2 aromatic rings. The Labute approximate surface area is 220 Å². The summed E-state index contributed by atoms with van der Waals surface area (Å²) in [5.74, 6) is -0.354. The van der Waals surface area contributed by atoms with Gasteiger partial charge in [0.2, 0.25) is 11.8 Å². The lowest BCUT2D eigenvalue weighted by Crippen LogP contribution is -2.52. The third-order valence-corrected chi connectivity index (χ3v) is 6.85. The Hall–Kier alpha value is -4.34. The molecule has 1 aliphatic carbocycles. The van der Waals surface area contributed by atoms with Crippen molar-refractivity contribution in [2.24, 2.45) is 9.98 Å². The number of aromatic nitrogens is 1. The molecule has 0 saturated carbocycles. The predicted octanol–water partition coefficient (Wildman–Crippen LogP) is 3.04. The number of hydrogen-bond acceptors (Lipinski definition) is 7. The number of carbonyl (C=O) groups is 3. The van der Waals surface area contributed by atoms with E-state index in [-0.39, 0.29) is 24.1 Å². The van der Waals surface area contributed by atoms with Crippen LogP contribution in [0.5, 0.6) is 0 Å². The molecule has 2 N–H and O–H groups in total. The number of nitrogens with zero attached hydrogens (tertiary/aromatic N) is 4. The molecule has 3 atom stereocenters. The summed E-state index contributed by atoms with van der Waals surface area (Å²) in [6, 6.07) is 9.62. The maximum absolute atomic E-state index is 13.5. The van der Waals surface area contributed by atoms with E-state index in [1.54, 1.807) is 18.7 Å². The quantitative estimate of drug-likeness (QED) is 0.559. The lowest BCUT2D eigenvalue weighted by molar-refractivity contribution is -0.135. The van der Waals surface area contributed by atoms with Gasteiger partial charge in [0.15, 0.2) is 11.5 Å². The number of aryl methyl sites for hydroxylation is 1. The molecule has 5 rings (SSSR count). The maximum atomic E-state index is 13.5. The Morgan fingerprint density at radius 1 is 1.16 bits per heavy atom. The van der Waals surface area contributed by atoms with Gasteiger partial charge in [-0.15, -0.1) is 0 Å². The Bertz CT molecular complexity index is 1360. The van der Waals surface area contributed by atoms with Crippen molar-refractivity contribution in [3.05, 3.63) is 77.3 Å². The Kier molecular flexibility index (Phi) is 7.30. The number of rotatable bonds is 8. The van der Waals surface area contributed by atoms with Gasteiger partial charge in [-0.2, -0.15) is 0 Å². The van der Waals surface area contributed by atoms with Crippen LogP contribution in [0.1, 0.15) is 60.5 Å². The van der Waals surface area contributed by atoms with E-state index in [4.69, 9.17) is 4.52 Å². The third kappa shape index (κ3) is 5.49. The van der Waals surface area contributed by atoms with Crippen molar-refractivity contribution < 1.29 is 18.9 Å². The lowest BCUT2D eigenvalue weighted by Gasteiger charge is -2.27. The van der Waals surface area contributed by atoms with Crippen molar-refractivity contribution in [3.8, 4) is 0 Å². The summed E-state index contributed by atoms with van der Waals surface area (Å²) in [6.07, 6.45) is 8.00. The topological polar surface area (TPSA) is 129 Å². The third-order valence-electron chi connectivity index (χ3n) is 6.85. The molecule has 1 saturated heterocycles. The molecule has 1 unspecified atom stereocenters. The highest BCUT2D eigenvalue weighted by atomic mass is 16.5. The average Bonchev–Trinajstić information content (AvgIpc) is 3.68. The van der Waals surface area contributed by atoms with Crippen molar-refractivity contribution in [2.45, 2.75) is 57.7 Å². The van der Waals surface area contributed by atoms with Crippen molar-refractivity contribution in [3.63, 3.8) is 0 Å². The largest absolute Gasteiger partial charge is 0.361 e. The normalized spacial score (nSPS) is 19.7. The van der Waals surface area contributed by atoms with Crippen LogP contribution < -0.4 is 10.6 Å². The van der Waals surface area contributed by atoms with Crippen LogP contribution in [0.15, 0.2) is 74.8 Å². The Balaban J connectivity index is 1.31. The summed E-state index contributed by atoms with van der Waals surface area (Å²) in [5.41, 5.74) is 2.73. The zero-order chi connectivity index (χ0) is 26.6. The van der Waals surface area contributed by atoms with E-state index in [0.717, 1.165) is 29.8 Å². The molecule has 1 aromatic heterocycles. The highest BCUT2D eigenvalue weighted by Gasteiger charge is 2.34. The number of amides is 3. The summed E-state index contributed by atoms with van der Waals surface area (Å²) in [5, 5.41) is 9.30. The second-order valence-electron chi connectivity index (χ2n) is 9.65. The molecular weight excluding hydrogens is 484 g/mol. The van der Waals surface area contributed by atoms with Gasteiger partial charge in [-0.3, -0.25) is 14.4 Å². The van der Waals surface area contributed by atoms with Gasteiger partial charge in [-0.05, 0) is 38.3 Å². The van der Waals surface area contributed by atoms with Crippen LogP contribution >= 0.6 is 0 Å². The molecule has 0 bridgehead atoms. The maximum Gasteiger partial charge on any atom is 0.274 e. The van der Waals surface area contributed by atoms with Gasteiger partial charge in [0, 0.05) is 19.0 Å². The van der Waals surface area contributed by atoms with E-state index in [1.807, 2.05) is 48.6 Å². The highest BCUT2D eigenvalue weighted by Crippen LogP contribution is 2.32. The minimum atomic E-state index is -1.12. The lowest BCUT2D eigenvalue weighted by atomic mass is 10.0. The number of allylic oxidation sites excluding steroid dienone is 4. The van der Waals surface area contributed by atoms with Crippen LogP contribution in [-0.4, -0.2) is 58.0 Å². The van der Waals surface area contributed by atoms with Gasteiger partial charge >= 0.3 is 0 Å². The number of nitrogens with one attached hydrogen (secondary N) is 2. The van der Waals surface area contributed by atoms with Gasteiger partial charge in [-0.25, -0.2) is 9.98 Å². The monoisotopic (exact) mass is 514 g/mol. The molecule has 38 heavy (non-hydrogen) atoms. The number of hydrogen-bond donors (Lipinski definition) is 2. The van der Waals surface area contributed by atoms with Crippen LogP contribution in [0.4, 0.5) is 0 Å². The van der Waals surface area contributed by atoms with Crippen molar-refractivity contribution in [2.75, 3.05) is 6.54 Å². The van der Waals surface area contributed by atoms with Crippen LogP contribution in [0, 0.1) is 6.92 Å². The number of likely N-dealkylation sites (tertiary alicyclic amines) is 1. The van der Waals surface area contributed by atoms with Crippen molar-refractivity contribution in [1.82, 2.24) is 20.7 Å². The number of fused-ring (bicyclic) bond motifs is 1. The standard InChI is InChI=1S/C28H30N6O4/c1-17-15-23(33-38-17)28(37)32-22(16-25(35)34-14-8-13-24(34)19-9-4-3-5-10-19)27(36)29-18(2)26-30-20-11-6-7-12-21(20)31-26/h3-7,9-11,15,18,22,24H,8,12-14,16H2,1-2H3,(H,29,36)(H,32,37)/t18?,22-,24+/m0/s1. The smallest absolute Gasteiger partial charge is 0.274 e. The predicted molar refractivity (Wildman–Crippen MR) is 142 cm³/mol. The minimum Gasteiger partial charge on any atom is -0.361 e. The van der Waals surface area contributed by atoms with Crippen molar-refractivity contribution >= 4 is 29.3 Å². The van der Waals surface area contributed by atoms with Gasteiger partial charge in [-0.1, -0.05) is 47.6 Å². The van der Waals surface area contributed by atoms with Gasteiger partial charge in [0.25, 0.3) is 5.91 Å². The Morgan fingerprint density at radius 3 is 2.71 bits per heavy atom. The van der Waals surface area contributed by atoms with E-state index in [0.29, 0.717) is 24.6 Å². The molecule has 2 aliphatic heterocycles. The van der Waals surface area contributed by atoms with Gasteiger partial charge in [0.05, 0.1) is 29.9 Å². The Morgan fingerprint density at radius 2 is 1.97 bits per heavy atom.